The highest BCUT2D eigenvalue weighted by molar-refractivity contribution is 8.07. The van der Waals surface area contributed by atoms with Crippen LogP contribution in [0.25, 0.3) is 0 Å². The Labute approximate surface area is 113 Å². The zero-order valence-electron chi connectivity index (χ0n) is 9.50. The Bertz CT molecular complexity index is 463. The summed E-state index contributed by atoms with van der Waals surface area (Å²) in [6.07, 6.45) is 0. The molecule has 1 aromatic rings. The third kappa shape index (κ3) is 3.91. The number of aromatic nitrogens is 1. The zero-order valence-corrected chi connectivity index (χ0v) is 12.8. The highest BCUT2D eigenvalue weighted by Gasteiger charge is 2.23. The number of thioether (sulfide) groups is 1. The quantitative estimate of drug-likeness (QED) is 0.591. The maximum absolute atomic E-state index is 8.97. The molecule has 0 aliphatic carbocycles. The molecule has 1 aromatic heterocycles. The van der Waals surface area contributed by atoms with Gasteiger partial charge < -0.3 is 13.6 Å². The third-order valence-corrected chi connectivity index (χ3v) is 5.97. The second-order valence-corrected chi connectivity index (χ2v) is 8.22. The lowest BCUT2D eigenvalue weighted by molar-refractivity contribution is 0.270. The standard InChI is InChI=1S/C8H11N2O3PS3/c1-4-16-8-10-7(6(5-9)17-8)13-14(15,11-2)12-3/h4H2,1-3H3. The average Bonchev–Trinajstić information content (AvgIpc) is 2.71. The van der Waals surface area contributed by atoms with Gasteiger partial charge in [-0.25, -0.2) is 0 Å². The molecule has 17 heavy (non-hydrogen) atoms. The van der Waals surface area contributed by atoms with Crippen LogP contribution >= 0.6 is 29.8 Å². The maximum Gasteiger partial charge on any atom is 0.381 e. The van der Waals surface area contributed by atoms with Gasteiger partial charge in [0.25, 0.3) is 5.88 Å². The summed E-state index contributed by atoms with van der Waals surface area (Å²) < 4.78 is 16.1. The van der Waals surface area contributed by atoms with Crippen LogP contribution in [-0.4, -0.2) is 25.0 Å². The molecule has 0 atom stereocenters. The van der Waals surface area contributed by atoms with E-state index in [-0.39, 0.29) is 5.88 Å². The summed E-state index contributed by atoms with van der Waals surface area (Å²) in [5.41, 5.74) is 0. The minimum absolute atomic E-state index is 0.195. The van der Waals surface area contributed by atoms with Gasteiger partial charge >= 0.3 is 6.72 Å². The topological polar surface area (TPSA) is 64.4 Å². The van der Waals surface area contributed by atoms with Crippen molar-refractivity contribution in [1.82, 2.24) is 4.98 Å². The molecule has 1 rings (SSSR count). The summed E-state index contributed by atoms with van der Waals surface area (Å²) in [4.78, 5) is 4.57. The smallest absolute Gasteiger partial charge is 0.381 e. The van der Waals surface area contributed by atoms with E-state index >= 15 is 0 Å². The molecule has 0 saturated heterocycles. The average molecular weight is 310 g/mol. The van der Waals surface area contributed by atoms with E-state index in [1.54, 1.807) is 0 Å². The Hall–Kier alpha value is -0.160. The molecule has 0 aromatic carbocycles. The summed E-state index contributed by atoms with van der Waals surface area (Å²) in [7, 11) is 2.81. The zero-order chi connectivity index (χ0) is 12.9. The van der Waals surface area contributed by atoms with Crippen molar-refractivity contribution in [2.24, 2.45) is 0 Å². The van der Waals surface area contributed by atoms with Gasteiger partial charge in [0, 0.05) is 26.0 Å². The molecule has 0 spiro atoms. The summed E-state index contributed by atoms with van der Waals surface area (Å²) in [6, 6.07) is 2.02. The van der Waals surface area contributed by atoms with Crippen LogP contribution < -0.4 is 4.52 Å². The largest absolute Gasteiger partial charge is 0.403 e. The van der Waals surface area contributed by atoms with Crippen LogP contribution in [0.15, 0.2) is 4.34 Å². The molecule has 1 heterocycles. The van der Waals surface area contributed by atoms with Gasteiger partial charge in [-0.15, -0.1) is 0 Å². The number of nitrogens with zero attached hydrogens (tertiary/aromatic N) is 2. The van der Waals surface area contributed by atoms with Crippen molar-refractivity contribution in [2.75, 3.05) is 20.0 Å². The first kappa shape index (κ1) is 14.9. The molecule has 0 saturated carbocycles. The Kier molecular flexibility index (Phi) is 5.86. The number of nitriles is 1. The lowest BCUT2D eigenvalue weighted by atomic mass is 10.6. The van der Waals surface area contributed by atoms with Gasteiger partial charge in [0.2, 0.25) is 0 Å². The fourth-order valence-electron chi connectivity index (χ4n) is 0.860. The highest BCUT2D eigenvalue weighted by atomic mass is 32.5. The minimum atomic E-state index is -2.83. The summed E-state index contributed by atoms with van der Waals surface area (Å²) in [5, 5.41) is 8.97. The third-order valence-electron chi connectivity index (χ3n) is 1.59. The molecule has 0 N–H and O–H groups in total. The first-order valence-corrected chi connectivity index (χ1v) is 8.89. The second-order valence-electron chi connectivity index (χ2n) is 2.56. The minimum Gasteiger partial charge on any atom is -0.403 e. The number of hydrogen-bond acceptors (Lipinski definition) is 8. The normalized spacial score (nSPS) is 11.2. The van der Waals surface area contributed by atoms with Gasteiger partial charge in [0.05, 0.1) is 0 Å². The van der Waals surface area contributed by atoms with E-state index in [0.717, 1.165) is 10.1 Å². The van der Waals surface area contributed by atoms with Gasteiger partial charge in [0.15, 0.2) is 9.22 Å². The van der Waals surface area contributed by atoms with Gasteiger partial charge in [-0.05, 0) is 5.75 Å². The van der Waals surface area contributed by atoms with Gasteiger partial charge in [0.1, 0.15) is 6.07 Å². The van der Waals surface area contributed by atoms with Crippen LogP contribution in [0, 0.1) is 11.3 Å². The number of thiazole rings is 1. The predicted octanol–water partition coefficient (Wildman–Crippen LogP) is 3.02. The molecule has 94 valence electrons. The summed E-state index contributed by atoms with van der Waals surface area (Å²) in [5.74, 6) is 1.07. The van der Waals surface area contributed by atoms with Crippen LogP contribution in [0.4, 0.5) is 0 Å². The van der Waals surface area contributed by atoms with Crippen LogP contribution in [-0.2, 0) is 20.9 Å². The fourth-order valence-corrected chi connectivity index (χ4v) is 3.53. The van der Waals surface area contributed by atoms with E-state index in [4.69, 9.17) is 30.6 Å². The molecule has 9 heteroatoms. The molecular weight excluding hydrogens is 299 g/mol. The van der Waals surface area contributed by atoms with Crippen molar-refractivity contribution >= 4 is 41.6 Å². The monoisotopic (exact) mass is 310 g/mol. The van der Waals surface area contributed by atoms with Crippen molar-refractivity contribution in [2.45, 2.75) is 11.3 Å². The molecule has 0 aliphatic heterocycles. The van der Waals surface area contributed by atoms with Gasteiger partial charge in [-0.3, -0.25) is 0 Å². The second kappa shape index (κ2) is 6.69. The van der Waals surface area contributed by atoms with Crippen molar-refractivity contribution in [1.29, 1.82) is 5.26 Å². The lowest BCUT2D eigenvalue weighted by Crippen LogP contribution is -1.98. The van der Waals surface area contributed by atoms with E-state index in [1.807, 2.05) is 13.0 Å². The van der Waals surface area contributed by atoms with Crippen molar-refractivity contribution in [3.05, 3.63) is 4.88 Å². The number of hydrogen-bond donors (Lipinski definition) is 0. The summed E-state index contributed by atoms with van der Waals surface area (Å²) >= 11 is 7.87. The Morgan fingerprint density at radius 2 is 2.18 bits per heavy atom. The molecule has 0 fully saturated rings. The predicted molar refractivity (Wildman–Crippen MR) is 72.2 cm³/mol. The summed E-state index contributed by atoms with van der Waals surface area (Å²) in [6.45, 7) is -0.824. The van der Waals surface area contributed by atoms with Gasteiger partial charge in [-0.1, -0.05) is 30.0 Å². The molecule has 0 bridgehead atoms. The molecule has 0 aliphatic rings. The van der Waals surface area contributed by atoms with Crippen LogP contribution in [0.2, 0.25) is 0 Å². The number of rotatable bonds is 6. The Morgan fingerprint density at radius 3 is 2.65 bits per heavy atom. The SMILES string of the molecule is CCSc1nc(OP(=S)(OC)OC)c(C#N)s1. The van der Waals surface area contributed by atoms with E-state index in [0.29, 0.717) is 4.88 Å². The van der Waals surface area contributed by atoms with Gasteiger partial charge in [-0.2, -0.15) is 10.2 Å². The van der Waals surface area contributed by atoms with E-state index in [9.17, 15) is 0 Å². The highest BCUT2D eigenvalue weighted by Crippen LogP contribution is 2.49. The van der Waals surface area contributed by atoms with Crippen molar-refractivity contribution in [3.63, 3.8) is 0 Å². The van der Waals surface area contributed by atoms with E-state index < -0.39 is 6.72 Å². The van der Waals surface area contributed by atoms with Crippen molar-refractivity contribution < 1.29 is 13.6 Å². The van der Waals surface area contributed by atoms with E-state index in [2.05, 4.69) is 4.98 Å². The molecule has 5 nitrogen and oxygen atoms in total. The van der Waals surface area contributed by atoms with Crippen LogP contribution in [0.1, 0.15) is 11.8 Å². The van der Waals surface area contributed by atoms with Crippen molar-refractivity contribution in [3.8, 4) is 11.9 Å². The molecule has 0 amide bonds. The Balaban J connectivity index is 2.98. The first-order valence-electron chi connectivity index (χ1n) is 4.53. The van der Waals surface area contributed by atoms with Crippen LogP contribution in [0.3, 0.4) is 0 Å². The maximum atomic E-state index is 8.97. The lowest BCUT2D eigenvalue weighted by Gasteiger charge is -2.16. The first-order chi connectivity index (χ1) is 8.08. The molecular formula is C8H11N2O3PS3. The molecule has 0 radical (unpaired) electrons. The Morgan fingerprint density at radius 1 is 1.53 bits per heavy atom. The molecule has 0 unspecified atom stereocenters. The van der Waals surface area contributed by atoms with E-state index in [1.165, 1.54) is 37.3 Å². The van der Waals surface area contributed by atoms with Crippen LogP contribution in [0.5, 0.6) is 5.88 Å². The fraction of sp³-hybridized carbons (Fsp3) is 0.500.